The lowest BCUT2D eigenvalue weighted by Gasteiger charge is -2.33. The maximum atomic E-state index is 14.6. The quantitative estimate of drug-likeness (QED) is 0.188. The molecule has 0 spiro atoms. The maximum absolute atomic E-state index is 14.6. The van der Waals surface area contributed by atoms with Crippen molar-refractivity contribution in [3.05, 3.63) is 155 Å². The zero-order valence-corrected chi connectivity index (χ0v) is 24.7. The Labute approximate surface area is 255 Å². The molecule has 2 heterocycles. The summed E-state index contributed by atoms with van der Waals surface area (Å²) in [5.74, 6) is -0.294. The molecule has 0 saturated carbocycles. The third-order valence-electron chi connectivity index (χ3n) is 7.60. The first kappa shape index (κ1) is 28.1. The zero-order valence-electron chi connectivity index (χ0n) is 23.9. The van der Waals surface area contributed by atoms with Gasteiger partial charge < -0.3 is 10.2 Å². The van der Waals surface area contributed by atoms with Crippen molar-refractivity contribution in [3.8, 4) is 11.1 Å². The van der Waals surface area contributed by atoms with Crippen LogP contribution in [0.2, 0.25) is 0 Å². The number of carbonyl (C=O) groups excluding carboxylic acids is 2. The largest absolute Gasteiger partial charge is 0.349 e. The number of aromatic nitrogens is 2. The number of benzene rings is 4. The number of amides is 2. The molecule has 0 bridgehead atoms. The van der Waals surface area contributed by atoms with Gasteiger partial charge in [0.2, 0.25) is 0 Å². The first-order valence-corrected chi connectivity index (χ1v) is 15.2. The SMILES string of the molecule is Cc1nc2sccn2c1C(=O)NCC(Cc1ccccc1)N(Cc1ccccc1)C(=O)c1ccccc1-c1ccccc1. The zero-order chi connectivity index (χ0) is 29.6. The highest BCUT2D eigenvalue weighted by Gasteiger charge is 2.28. The monoisotopic (exact) mass is 584 g/mol. The van der Waals surface area contributed by atoms with E-state index in [0.29, 0.717) is 29.9 Å². The van der Waals surface area contributed by atoms with Gasteiger partial charge in [0, 0.05) is 30.2 Å². The third-order valence-corrected chi connectivity index (χ3v) is 8.36. The van der Waals surface area contributed by atoms with Crippen molar-refractivity contribution in [1.82, 2.24) is 19.6 Å². The van der Waals surface area contributed by atoms with Gasteiger partial charge in [0.15, 0.2) is 4.96 Å². The normalized spacial score (nSPS) is 11.7. The number of imidazole rings is 1. The summed E-state index contributed by atoms with van der Waals surface area (Å²) >= 11 is 1.49. The van der Waals surface area contributed by atoms with Crippen molar-refractivity contribution in [3.63, 3.8) is 0 Å². The number of hydrogen-bond acceptors (Lipinski definition) is 4. The summed E-state index contributed by atoms with van der Waals surface area (Å²) < 4.78 is 1.82. The van der Waals surface area contributed by atoms with Crippen LogP contribution in [-0.2, 0) is 13.0 Å². The van der Waals surface area contributed by atoms with Crippen molar-refractivity contribution < 1.29 is 9.59 Å². The van der Waals surface area contributed by atoms with Gasteiger partial charge in [-0.2, -0.15) is 0 Å². The predicted octanol–water partition coefficient (Wildman–Crippen LogP) is 7.05. The molecule has 1 unspecified atom stereocenters. The molecular weight excluding hydrogens is 552 g/mol. The Bertz CT molecular complexity index is 1830. The number of thiazole rings is 1. The molecule has 0 saturated heterocycles. The lowest BCUT2D eigenvalue weighted by Crippen LogP contribution is -2.48. The summed E-state index contributed by atoms with van der Waals surface area (Å²) in [6.45, 7) is 2.52. The molecule has 0 aliphatic heterocycles. The van der Waals surface area contributed by atoms with E-state index >= 15 is 0 Å². The van der Waals surface area contributed by atoms with Gasteiger partial charge in [-0.1, -0.05) is 109 Å². The Balaban J connectivity index is 1.38. The summed E-state index contributed by atoms with van der Waals surface area (Å²) in [6, 6.07) is 37.5. The molecule has 1 N–H and O–H groups in total. The molecule has 7 heteroatoms. The van der Waals surface area contributed by atoms with Gasteiger partial charge in [0.05, 0.1) is 11.7 Å². The van der Waals surface area contributed by atoms with E-state index in [2.05, 4.69) is 22.4 Å². The van der Waals surface area contributed by atoms with Crippen LogP contribution in [0.5, 0.6) is 0 Å². The van der Waals surface area contributed by atoms with Gasteiger partial charge in [-0.25, -0.2) is 4.98 Å². The number of carbonyl (C=O) groups is 2. The Kier molecular flexibility index (Phi) is 8.42. The predicted molar refractivity (Wildman–Crippen MR) is 172 cm³/mol. The average Bonchev–Trinajstić information content (AvgIpc) is 3.63. The number of fused-ring (bicyclic) bond motifs is 1. The minimum absolute atomic E-state index is 0.0840. The average molecular weight is 585 g/mol. The van der Waals surface area contributed by atoms with Crippen molar-refractivity contribution in [1.29, 1.82) is 0 Å². The molecule has 1 atom stereocenters. The molecule has 0 aliphatic rings. The lowest BCUT2D eigenvalue weighted by molar-refractivity contribution is 0.0647. The van der Waals surface area contributed by atoms with Crippen LogP contribution in [0.4, 0.5) is 0 Å². The van der Waals surface area contributed by atoms with Gasteiger partial charge in [-0.15, -0.1) is 11.3 Å². The highest BCUT2D eigenvalue weighted by atomic mass is 32.1. The van der Waals surface area contributed by atoms with Crippen molar-refractivity contribution in [2.75, 3.05) is 6.54 Å². The van der Waals surface area contributed by atoms with Crippen molar-refractivity contribution in [2.24, 2.45) is 0 Å². The third kappa shape index (κ3) is 6.27. The summed E-state index contributed by atoms with van der Waals surface area (Å²) in [5.41, 5.74) is 5.79. The van der Waals surface area contributed by atoms with Crippen LogP contribution < -0.4 is 5.32 Å². The van der Waals surface area contributed by atoms with Crippen LogP contribution in [0.3, 0.4) is 0 Å². The summed E-state index contributed by atoms with van der Waals surface area (Å²) in [7, 11) is 0. The van der Waals surface area contributed by atoms with Crippen molar-refractivity contribution in [2.45, 2.75) is 25.9 Å². The Morgan fingerprint density at radius 2 is 1.47 bits per heavy atom. The van der Waals surface area contributed by atoms with Crippen LogP contribution in [0.1, 0.15) is 37.7 Å². The van der Waals surface area contributed by atoms with Crippen LogP contribution >= 0.6 is 11.3 Å². The summed E-state index contributed by atoms with van der Waals surface area (Å²) in [5, 5.41) is 5.08. The van der Waals surface area contributed by atoms with Crippen molar-refractivity contribution >= 4 is 28.1 Å². The maximum Gasteiger partial charge on any atom is 0.270 e. The Morgan fingerprint density at radius 1 is 0.837 bits per heavy atom. The molecule has 0 fully saturated rings. The number of nitrogens with one attached hydrogen (secondary N) is 1. The number of nitrogens with zero attached hydrogens (tertiary/aromatic N) is 3. The fourth-order valence-corrected chi connectivity index (χ4v) is 6.24. The highest BCUT2D eigenvalue weighted by Crippen LogP contribution is 2.27. The molecule has 43 heavy (non-hydrogen) atoms. The second kappa shape index (κ2) is 12.9. The lowest BCUT2D eigenvalue weighted by atomic mass is 9.97. The highest BCUT2D eigenvalue weighted by molar-refractivity contribution is 7.15. The second-order valence-corrected chi connectivity index (χ2v) is 11.4. The molecule has 0 radical (unpaired) electrons. The Morgan fingerprint density at radius 3 is 2.19 bits per heavy atom. The topological polar surface area (TPSA) is 66.7 Å². The smallest absolute Gasteiger partial charge is 0.270 e. The van der Waals surface area contributed by atoms with Gasteiger partial charge in [-0.3, -0.25) is 14.0 Å². The van der Waals surface area contributed by atoms with Gasteiger partial charge in [-0.05, 0) is 41.7 Å². The molecule has 4 aromatic carbocycles. The molecule has 0 aliphatic carbocycles. The molecular formula is C36H32N4O2S. The standard InChI is InChI=1S/C36H32N4O2S/c1-26-33(39-21-22-43-36(39)38-26)34(41)37-24-30(23-27-13-5-2-6-14-27)40(25-28-15-7-3-8-16-28)35(42)32-20-12-11-19-31(32)29-17-9-4-10-18-29/h2-22,30H,23-25H2,1H3,(H,37,41). The molecule has 2 aromatic heterocycles. The summed E-state index contributed by atoms with van der Waals surface area (Å²) in [6.07, 6.45) is 2.44. The molecule has 6 nitrogen and oxygen atoms in total. The summed E-state index contributed by atoms with van der Waals surface area (Å²) in [4.78, 5) is 35.5. The van der Waals surface area contributed by atoms with E-state index in [1.807, 2.05) is 131 Å². The van der Waals surface area contributed by atoms with Crippen LogP contribution in [-0.4, -0.2) is 38.7 Å². The van der Waals surface area contributed by atoms with E-state index in [0.717, 1.165) is 27.2 Å². The fraction of sp³-hybridized carbons (Fsp3) is 0.139. The first-order valence-electron chi connectivity index (χ1n) is 14.3. The minimum atomic E-state index is -0.325. The van der Waals surface area contributed by atoms with Gasteiger partial charge in [0.1, 0.15) is 5.69 Å². The molecule has 2 amide bonds. The number of aryl methyl sites for hydroxylation is 1. The van der Waals surface area contributed by atoms with Crippen LogP contribution in [0, 0.1) is 6.92 Å². The van der Waals surface area contributed by atoms with E-state index < -0.39 is 0 Å². The molecule has 214 valence electrons. The second-order valence-electron chi connectivity index (χ2n) is 10.5. The van der Waals surface area contributed by atoms with E-state index in [-0.39, 0.29) is 24.4 Å². The first-order chi connectivity index (χ1) is 21.1. The van der Waals surface area contributed by atoms with E-state index in [1.165, 1.54) is 11.3 Å². The molecule has 6 rings (SSSR count). The van der Waals surface area contributed by atoms with Crippen LogP contribution in [0.15, 0.2) is 127 Å². The Hall–Kier alpha value is -5.01. The van der Waals surface area contributed by atoms with E-state index in [9.17, 15) is 9.59 Å². The van der Waals surface area contributed by atoms with Gasteiger partial charge in [0.25, 0.3) is 11.8 Å². The minimum Gasteiger partial charge on any atom is -0.349 e. The van der Waals surface area contributed by atoms with Gasteiger partial charge >= 0.3 is 0 Å². The van der Waals surface area contributed by atoms with Crippen LogP contribution in [0.25, 0.3) is 16.1 Å². The van der Waals surface area contributed by atoms with E-state index in [4.69, 9.17) is 0 Å². The fourth-order valence-electron chi connectivity index (χ4n) is 5.48. The number of rotatable bonds is 10. The number of hydrogen-bond donors (Lipinski definition) is 1. The van der Waals surface area contributed by atoms with E-state index in [1.54, 1.807) is 0 Å². The molecule has 6 aromatic rings.